The maximum absolute atomic E-state index is 13.0. The zero-order valence-electron chi connectivity index (χ0n) is 35.6. The maximum Gasteiger partial charge on any atom is 0.416 e. The predicted molar refractivity (Wildman–Crippen MR) is 225 cm³/mol. The molecule has 0 aliphatic heterocycles. The second kappa shape index (κ2) is 21.5. The monoisotopic (exact) mass is 832 g/mol. The Kier molecular flexibility index (Phi) is 17.2. The van der Waals surface area contributed by atoms with Gasteiger partial charge in [0.2, 0.25) is 8.32 Å². The van der Waals surface area contributed by atoms with Gasteiger partial charge in [0.25, 0.3) is 0 Å². The number of carbonyl (C=O) groups is 4. The van der Waals surface area contributed by atoms with Gasteiger partial charge in [-0.2, -0.15) is 0 Å². The highest BCUT2D eigenvalue weighted by molar-refractivity contribution is 6.74. The number of carbonyl (C=O) groups excluding carboxylic acids is 4. The molecule has 318 valence electrons. The third-order valence-electron chi connectivity index (χ3n) is 9.87. The van der Waals surface area contributed by atoms with Crippen molar-refractivity contribution in [1.82, 2.24) is 9.80 Å². The molecule has 0 aliphatic carbocycles. The van der Waals surface area contributed by atoms with Gasteiger partial charge >= 0.3 is 24.1 Å². The Morgan fingerprint density at radius 2 is 0.966 bits per heavy atom. The molecule has 0 saturated heterocycles. The van der Waals surface area contributed by atoms with Crippen molar-refractivity contribution < 1.29 is 57.1 Å². The molecule has 0 bridgehead atoms. The van der Waals surface area contributed by atoms with Gasteiger partial charge in [0, 0.05) is 12.1 Å². The maximum atomic E-state index is 13.0. The van der Waals surface area contributed by atoms with Crippen LogP contribution in [0.1, 0.15) is 57.8 Å². The first-order valence-corrected chi connectivity index (χ1v) is 21.7. The van der Waals surface area contributed by atoms with Crippen LogP contribution in [0.4, 0.5) is 9.59 Å². The van der Waals surface area contributed by atoms with Crippen molar-refractivity contribution in [3.05, 3.63) is 108 Å². The molecule has 15 heteroatoms. The highest BCUT2D eigenvalue weighted by Crippen LogP contribution is 2.38. The Balaban J connectivity index is 0.000000324. The quantitative estimate of drug-likeness (QED) is 0.0951. The van der Waals surface area contributed by atoms with Crippen LogP contribution in [-0.2, 0) is 19.1 Å². The minimum absolute atomic E-state index is 0.0835. The SMILES string of the molecule is COC(=O)CN(C(=O)Oc1cccc(OC)c1)[C@@H](C)c1ccc(O)cc1.COC(=O)CN(C(=O)Oc1cccc(OC)c1)[C@@H](C)c1ccc(O[Si](C)(C)C(C)(C)C)cc1. The molecule has 2 amide bonds. The molecule has 2 atom stereocenters. The molecule has 0 unspecified atom stereocenters. The summed E-state index contributed by atoms with van der Waals surface area (Å²) in [5, 5.41) is 9.51. The highest BCUT2D eigenvalue weighted by atomic mass is 28.4. The fourth-order valence-electron chi connectivity index (χ4n) is 5.15. The molecule has 0 saturated carbocycles. The molecule has 1 N–H and O–H groups in total. The van der Waals surface area contributed by atoms with Crippen LogP contribution in [-0.4, -0.2) is 88.9 Å². The summed E-state index contributed by atoms with van der Waals surface area (Å²) in [4.78, 5) is 52.0. The Morgan fingerprint density at radius 1 is 0.593 bits per heavy atom. The lowest BCUT2D eigenvalue weighted by Crippen LogP contribution is -2.43. The van der Waals surface area contributed by atoms with Gasteiger partial charge in [-0.15, -0.1) is 0 Å². The zero-order valence-corrected chi connectivity index (χ0v) is 36.6. The first-order chi connectivity index (χ1) is 27.8. The van der Waals surface area contributed by atoms with E-state index < -0.39 is 44.5 Å². The van der Waals surface area contributed by atoms with E-state index in [0.717, 1.165) is 16.9 Å². The number of amides is 2. The van der Waals surface area contributed by atoms with E-state index >= 15 is 0 Å². The van der Waals surface area contributed by atoms with Crippen molar-refractivity contribution in [3.63, 3.8) is 0 Å². The molecule has 0 heterocycles. The summed E-state index contributed by atoms with van der Waals surface area (Å²) >= 11 is 0. The third kappa shape index (κ3) is 14.0. The van der Waals surface area contributed by atoms with Crippen molar-refractivity contribution in [2.45, 2.75) is 64.8 Å². The van der Waals surface area contributed by atoms with Crippen LogP contribution in [0.3, 0.4) is 0 Å². The van der Waals surface area contributed by atoms with Crippen molar-refractivity contribution in [1.29, 1.82) is 0 Å². The van der Waals surface area contributed by atoms with Gasteiger partial charge < -0.3 is 38.0 Å². The van der Waals surface area contributed by atoms with E-state index in [1.165, 1.54) is 50.4 Å². The number of hydrogen-bond acceptors (Lipinski definition) is 12. The molecule has 4 aromatic rings. The van der Waals surface area contributed by atoms with E-state index in [1.807, 2.05) is 31.2 Å². The van der Waals surface area contributed by atoms with Crippen molar-refractivity contribution in [3.8, 4) is 34.5 Å². The van der Waals surface area contributed by atoms with Gasteiger partial charge in [-0.1, -0.05) is 57.2 Å². The number of phenolic OH excluding ortho intramolecular Hbond substituents is 1. The molecular weight excluding hydrogens is 777 g/mol. The summed E-state index contributed by atoms with van der Waals surface area (Å²) in [5.41, 5.74) is 1.57. The topological polar surface area (TPSA) is 160 Å². The van der Waals surface area contributed by atoms with E-state index in [1.54, 1.807) is 67.6 Å². The molecule has 0 aliphatic rings. The Labute approximate surface area is 347 Å². The van der Waals surface area contributed by atoms with Gasteiger partial charge in [-0.05, 0) is 91.6 Å². The lowest BCUT2D eigenvalue weighted by atomic mass is 10.1. The van der Waals surface area contributed by atoms with Crippen LogP contribution in [0.15, 0.2) is 97.1 Å². The normalized spacial score (nSPS) is 12.0. The van der Waals surface area contributed by atoms with Crippen LogP contribution in [0.2, 0.25) is 18.1 Å². The molecule has 0 fully saturated rings. The Bertz CT molecular complexity index is 2000. The van der Waals surface area contributed by atoms with Crippen LogP contribution in [0, 0.1) is 0 Å². The van der Waals surface area contributed by atoms with Crippen molar-refractivity contribution in [2.75, 3.05) is 41.5 Å². The number of benzene rings is 4. The first-order valence-electron chi connectivity index (χ1n) is 18.8. The molecule has 0 radical (unpaired) electrons. The number of esters is 2. The second-order valence-electron chi connectivity index (χ2n) is 14.9. The minimum Gasteiger partial charge on any atom is -0.544 e. The number of aromatic hydroxyl groups is 1. The van der Waals surface area contributed by atoms with E-state index in [2.05, 4.69) is 38.6 Å². The zero-order chi connectivity index (χ0) is 43.9. The lowest BCUT2D eigenvalue weighted by molar-refractivity contribution is -0.142. The predicted octanol–water partition coefficient (Wildman–Crippen LogP) is 8.95. The van der Waals surface area contributed by atoms with Gasteiger partial charge in [0.05, 0.1) is 40.5 Å². The number of rotatable bonds is 14. The van der Waals surface area contributed by atoms with Gasteiger partial charge in [0.1, 0.15) is 47.6 Å². The summed E-state index contributed by atoms with van der Waals surface area (Å²) in [6.45, 7) is 14.0. The number of hydrogen-bond donors (Lipinski definition) is 1. The number of nitrogens with zero attached hydrogens (tertiary/aromatic N) is 2. The molecule has 59 heavy (non-hydrogen) atoms. The van der Waals surface area contributed by atoms with Crippen LogP contribution in [0.25, 0.3) is 0 Å². The van der Waals surface area contributed by atoms with E-state index in [9.17, 15) is 24.3 Å². The average molecular weight is 833 g/mol. The van der Waals surface area contributed by atoms with E-state index in [4.69, 9.17) is 28.1 Å². The van der Waals surface area contributed by atoms with E-state index in [0.29, 0.717) is 23.0 Å². The second-order valence-corrected chi connectivity index (χ2v) is 19.6. The van der Waals surface area contributed by atoms with E-state index in [-0.39, 0.29) is 23.9 Å². The fraction of sp³-hybridized carbons (Fsp3) is 0.364. The summed E-state index contributed by atoms with van der Waals surface area (Å²) in [6, 6.07) is 26.4. The van der Waals surface area contributed by atoms with Gasteiger partial charge in [-0.3, -0.25) is 19.4 Å². The number of ether oxygens (including phenoxy) is 6. The molecular formula is C44H56N2O12Si. The van der Waals surface area contributed by atoms with Crippen LogP contribution < -0.4 is 23.4 Å². The van der Waals surface area contributed by atoms with Crippen molar-refractivity contribution >= 4 is 32.4 Å². The molecule has 0 spiro atoms. The summed E-state index contributed by atoms with van der Waals surface area (Å²) in [7, 11) is 3.61. The lowest BCUT2D eigenvalue weighted by Gasteiger charge is -2.36. The van der Waals surface area contributed by atoms with Crippen LogP contribution >= 0.6 is 0 Å². The number of phenols is 1. The molecule has 4 aromatic carbocycles. The Morgan fingerprint density at radius 3 is 1.32 bits per heavy atom. The minimum atomic E-state index is -1.96. The third-order valence-corrected chi connectivity index (χ3v) is 14.2. The summed E-state index contributed by atoms with van der Waals surface area (Å²) < 4.78 is 37.0. The molecule has 14 nitrogen and oxygen atoms in total. The molecule has 0 aromatic heterocycles. The molecule has 4 rings (SSSR count). The average Bonchev–Trinajstić information content (AvgIpc) is 3.21. The van der Waals surface area contributed by atoms with Gasteiger partial charge in [0.15, 0.2) is 0 Å². The number of methoxy groups -OCH3 is 4. The largest absolute Gasteiger partial charge is 0.544 e. The summed E-state index contributed by atoms with van der Waals surface area (Å²) in [6.07, 6.45) is -1.37. The standard InChI is InChI=1S/C25H35NO6Si.C19H21NO6/c1-18(19-12-14-20(15-13-19)32-33(7,8)25(2,3)4)26(17-23(27)30-6)24(28)31-22-11-9-10-21(16-22)29-5;1-13(14-7-9-15(21)10-8-14)20(12-18(22)25-3)19(23)26-17-6-4-5-16(11-17)24-2/h9-16,18H,17H2,1-8H3;4-11,13,21H,12H2,1-3H3/t18-;13-/m00/s1. The highest BCUT2D eigenvalue weighted by Gasteiger charge is 2.39. The fourth-order valence-corrected chi connectivity index (χ4v) is 6.18. The smallest absolute Gasteiger partial charge is 0.416 e. The van der Waals surface area contributed by atoms with Crippen molar-refractivity contribution in [2.24, 2.45) is 0 Å². The summed E-state index contributed by atoms with van der Waals surface area (Å²) in [5.74, 6) is 1.50. The first kappa shape index (κ1) is 47.2. The van der Waals surface area contributed by atoms with Gasteiger partial charge in [-0.25, -0.2) is 9.59 Å². The Hall–Kier alpha value is -6.22. The van der Waals surface area contributed by atoms with Crippen LogP contribution in [0.5, 0.6) is 34.5 Å².